The Morgan fingerprint density at radius 2 is 1.74 bits per heavy atom. The van der Waals surface area contributed by atoms with Gasteiger partial charge in [0.15, 0.2) is 12.3 Å². The van der Waals surface area contributed by atoms with E-state index in [1.165, 1.54) is 5.56 Å². The maximum Gasteiger partial charge on any atom is 0.359 e. The number of carbonyl (C=O) groups is 2. The van der Waals surface area contributed by atoms with E-state index in [4.69, 9.17) is 4.74 Å². The molecule has 0 radical (unpaired) electrons. The van der Waals surface area contributed by atoms with Gasteiger partial charge < -0.3 is 15.0 Å². The molecule has 1 saturated heterocycles. The van der Waals surface area contributed by atoms with Gasteiger partial charge in [0.25, 0.3) is 5.91 Å². The number of hydrogen-bond donors (Lipinski definition) is 2. The Hall–Kier alpha value is -3.65. The standard InChI is InChI=1S/C26H29N5O3/c32-25(18-34-26(33)24-16-23(28-29-24)20-6-7-20)27-21-8-10-22(11-9-21)31-14-12-30(13-15-31)17-19-4-2-1-3-5-19/h1-5,8-11,16,20H,6-7,12-15,17-18H2,(H,27,32)(H,28,29). The number of esters is 1. The van der Waals surface area contributed by atoms with Crippen molar-refractivity contribution in [1.82, 2.24) is 15.1 Å². The highest BCUT2D eigenvalue weighted by molar-refractivity contribution is 5.95. The highest BCUT2D eigenvalue weighted by atomic mass is 16.5. The lowest BCUT2D eigenvalue weighted by atomic mass is 10.2. The van der Waals surface area contributed by atoms with Crippen LogP contribution in [0.2, 0.25) is 0 Å². The molecule has 1 amide bonds. The summed E-state index contributed by atoms with van der Waals surface area (Å²) in [5.41, 5.74) is 4.31. The van der Waals surface area contributed by atoms with Crippen LogP contribution in [0.3, 0.4) is 0 Å². The first-order chi connectivity index (χ1) is 16.6. The van der Waals surface area contributed by atoms with E-state index in [1.54, 1.807) is 6.07 Å². The summed E-state index contributed by atoms with van der Waals surface area (Å²) in [4.78, 5) is 29.1. The Morgan fingerprint density at radius 1 is 1.00 bits per heavy atom. The van der Waals surface area contributed by atoms with E-state index in [9.17, 15) is 9.59 Å². The van der Waals surface area contributed by atoms with E-state index in [2.05, 4.69) is 49.6 Å². The molecule has 1 aromatic heterocycles. The normalized spacial score (nSPS) is 16.3. The van der Waals surface area contributed by atoms with Crippen molar-refractivity contribution in [1.29, 1.82) is 0 Å². The number of ether oxygens (including phenoxy) is 1. The third kappa shape index (κ3) is 5.63. The van der Waals surface area contributed by atoms with Crippen molar-refractivity contribution in [3.63, 3.8) is 0 Å². The maximum atomic E-state index is 12.2. The maximum absolute atomic E-state index is 12.2. The summed E-state index contributed by atoms with van der Waals surface area (Å²) in [6.07, 6.45) is 2.23. The van der Waals surface area contributed by atoms with Gasteiger partial charge in [0.2, 0.25) is 0 Å². The van der Waals surface area contributed by atoms with E-state index in [0.29, 0.717) is 11.6 Å². The SMILES string of the molecule is O=C(COC(=O)c1cc(C2CC2)[nH]n1)Nc1ccc(N2CCN(Cc3ccccc3)CC2)cc1. The van der Waals surface area contributed by atoms with Gasteiger partial charge in [-0.15, -0.1) is 0 Å². The zero-order valence-electron chi connectivity index (χ0n) is 19.1. The quantitative estimate of drug-likeness (QED) is 0.502. The van der Waals surface area contributed by atoms with Crippen LogP contribution in [0.5, 0.6) is 0 Å². The van der Waals surface area contributed by atoms with Gasteiger partial charge in [0.1, 0.15) is 0 Å². The monoisotopic (exact) mass is 459 g/mol. The minimum Gasteiger partial charge on any atom is -0.451 e. The molecule has 2 aliphatic rings. The van der Waals surface area contributed by atoms with Crippen LogP contribution in [-0.2, 0) is 16.1 Å². The molecular formula is C26H29N5O3. The summed E-state index contributed by atoms with van der Waals surface area (Å²) < 4.78 is 5.10. The number of hydrogen-bond acceptors (Lipinski definition) is 6. The minimum atomic E-state index is -0.597. The summed E-state index contributed by atoms with van der Waals surface area (Å²) in [5, 5.41) is 9.62. The second kappa shape index (κ2) is 10.1. The molecule has 0 bridgehead atoms. The average Bonchev–Trinajstić information content (AvgIpc) is 3.60. The van der Waals surface area contributed by atoms with Gasteiger partial charge in [-0.3, -0.25) is 14.8 Å². The first-order valence-corrected chi connectivity index (χ1v) is 11.8. The van der Waals surface area contributed by atoms with E-state index in [1.807, 2.05) is 30.3 Å². The molecule has 3 aromatic rings. The lowest BCUT2D eigenvalue weighted by molar-refractivity contribution is -0.119. The van der Waals surface area contributed by atoms with Gasteiger partial charge in [-0.05, 0) is 48.7 Å². The van der Waals surface area contributed by atoms with Crippen molar-refractivity contribution in [3.05, 3.63) is 77.6 Å². The number of aromatic nitrogens is 2. The summed E-state index contributed by atoms with van der Waals surface area (Å²) in [6.45, 7) is 4.57. The zero-order valence-corrected chi connectivity index (χ0v) is 19.1. The Balaban J connectivity index is 1.05. The van der Waals surface area contributed by atoms with Crippen LogP contribution in [0.4, 0.5) is 11.4 Å². The molecular weight excluding hydrogens is 430 g/mol. The lowest BCUT2D eigenvalue weighted by Gasteiger charge is -2.36. The number of nitrogens with zero attached hydrogens (tertiary/aromatic N) is 3. The van der Waals surface area contributed by atoms with Gasteiger partial charge >= 0.3 is 5.97 Å². The molecule has 2 N–H and O–H groups in total. The van der Waals surface area contributed by atoms with Crippen LogP contribution < -0.4 is 10.2 Å². The van der Waals surface area contributed by atoms with E-state index >= 15 is 0 Å². The lowest BCUT2D eigenvalue weighted by Crippen LogP contribution is -2.45. The minimum absolute atomic E-state index is 0.211. The number of aromatic amines is 1. The highest BCUT2D eigenvalue weighted by Crippen LogP contribution is 2.39. The second-order valence-corrected chi connectivity index (χ2v) is 8.90. The van der Waals surface area contributed by atoms with E-state index in [-0.39, 0.29) is 18.2 Å². The van der Waals surface area contributed by atoms with Crippen molar-refractivity contribution in [2.75, 3.05) is 43.0 Å². The Bertz CT molecular complexity index is 1120. The number of piperazine rings is 1. The first kappa shape index (κ1) is 22.2. The summed E-state index contributed by atoms with van der Waals surface area (Å²) in [7, 11) is 0. The third-order valence-corrected chi connectivity index (χ3v) is 6.30. The molecule has 8 heteroatoms. The smallest absolute Gasteiger partial charge is 0.359 e. The van der Waals surface area contributed by atoms with Crippen molar-refractivity contribution in [2.24, 2.45) is 0 Å². The van der Waals surface area contributed by atoms with Gasteiger partial charge in [0.05, 0.1) is 0 Å². The van der Waals surface area contributed by atoms with E-state index < -0.39 is 5.97 Å². The molecule has 2 fully saturated rings. The molecule has 5 rings (SSSR count). The predicted molar refractivity (Wildman–Crippen MR) is 130 cm³/mol. The van der Waals surface area contributed by atoms with Crippen LogP contribution in [-0.4, -0.2) is 59.8 Å². The fourth-order valence-electron chi connectivity index (χ4n) is 4.21. The molecule has 8 nitrogen and oxygen atoms in total. The molecule has 0 atom stereocenters. The Labute approximate surface area is 198 Å². The van der Waals surface area contributed by atoms with Crippen molar-refractivity contribution in [3.8, 4) is 0 Å². The van der Waals surface area contributed by atoms with Gasteiger partial charge in [-0.2, -0.15) is 5.10 Å². The van der Waals surface area contributed by atoms with Crippen molar-refractivity contribution < 1.29 is 14.3 Å². The number of nitrogens with one attached hydrogen (secondary N) is 2. The van der Waals surface area contributed by atoms with Gasteiger partial charge in [-0.25, -0.2) is 4.79 Å². The summed E-state index contributed by atoms with van der Waals surface area (Å²) in [6, 6.07) is 20.0. The predicted octanol–water partition coefficient (Wildman–Crippen LogP) is 3.40. The third-order valence-electron chi connectivity index (χ3n) is 6.30. The zero-order chi connectivity index (χ0) is 23.3. The van der Waals surface area contributed by atoms with Crippen LogP contribution in [0.25, 0.3) is 0 Å². The van der Waals surface area contributed by atoms with Gasteiger partial charge in [-0.1, -0.05) is 30.3 Å². The fraction of sp³-hybridized carbons (Fsp3) is 0.346. The van der Waals surface area contributed by atoms with Gasteiger partial charge in [0, 0.05) is 55.7 Å². The number of anilines is 2. The molecule has 0 unspecified atom stereocenters. The number of benzene rings is 2. The Morgan fingerprint density at radius 3 is 2.44 bits per heavy atom. The number of H-pyrrole nitrogens is 1. The molecule has 176 valence electrons. The first-order valence-electron chi connectivity index (χ1n) is 11.8. The topological polar surface area (TPSA) is 90.6 Å². The fourth-order valence-corrected chi connectivity index (χ4v) is 4.21. The molecule has 1 aliphatic heterocycles. The molecule has 1 saturated carbocycles. The molecule has 0 spiro atoms. The summed E-state index contributed by atoms with van der Waals surface area (Å²) in [5.74, 6) is -0.507. The number of carbonyl (C=O) groups excluding carboxylic acids is 2. The number of amides is 1. The molecule has 34 heavy (non-hydrogen) atoms. The van der Waals surface area contributed by atoms with Crippen molar-refractivity contribution >= 4 is 23.3 Å². The van der Waals surface area contributed by atoms with Crippen LogP contribution in [0, 0.1) is 0 Å². The van der Waals surface area contributed by atoms with Crippen LogP contribution in [0.15, 0.2) is 60.7 Å². The highest BCUT2D eigenvalue weighted by Gasteiger charge is 2.27. The van der Waals surface area contributed by atoms with Crippen LogP contribution >= 0.6 is 0 Å². The second-order valence-electron chi connectivity index (χ2n) is 8.90. The summed E-state index contributed by atoms with van der Waals surface area (Å²) >= 11 is 0. The number of rotatable bonds is 8. The van der Waals surface area contributed by atoms with E-state index in [0.717, 1.165) is 56.9 Å². The average molecular weight is 460 g/mol. The largest absolute Gasteiger partial charge is 0.451 e. The Kier molecular flexibility index (Phi) is 6.58. The molecule has 2 aromatic carbocycles. The molecule has 1 aliphatic carbocycles. The molecule has 2 heterocycles. The van der Waals surface area contributed by atoms with Crippen molar-refractivity contribution in [2.45, 2.75) is 25.3 Å². The van der Waals surface area contributed by atoms with Crippen LogP contribution in [0.1, 0.15) is 40.5 Å².